The standard InChI is InChI=1S/C21H27N5/c1-16-3-4-20-19(13-16)24-21(25(20)2)14-23-18-7-11-26(12-8-18)15-17-5-9-22-10-6-17/h3-6,9-10,13,18,23H,7-8,11-12,14-15H2,1-2H3. The van der Waals surface area contributed by atoms with Gasteiger partial charge in [0.25, 0.3) is 0 Å². The Morgan fingerprint density at radius 2 is 1.88 bits per heavy atom. The van der Waals surface area contributed by atoms with Gasteiger partial charge < -0.3 is 9.88 Å². The molecule has 0 bridgehead atoms. The zero-order valence-electron chi connectivity index (χ0n) is 15.7. The lowest BCUT2D eigenvalue weighted by atomic mass is 10.0. The van der Waals surface area contributed by atoms with Crippen molar-refractivity contribution >= 4 is 11.0 Å². The number of aryl methyl sites for hydroxylation is 2. The molecule has 1 aliphatic rings. The Hall–Kier alpha value is -2.24. The van der Waals surface area contributed by atoms with Crippen molar-refractivity contribution in [3.63, 3.8) is 0 Å². The number of fused-ring (bicyclic) bond motifs is 1. The second-order valence-corrected chi connectivity index (χ2v) is 7.37. The lowest BCUT2D eigenvalue weighted by Gasteiger charge is -2.32. The number of imidazole rings is 1. The first kappa shape index (κ1) is 17.2. The van der Waals surface area contributed by atoms with Crippen molar-refractivity contribution in [2.45, 2.75) is 38.9 Å². The number of pyridine rings is 1. The molecule has 3 heterocycles. The van der Waals surface area contributed by atoms with Crippen molar-refractivity contribution in [1.82, 2.24) is 24.8 Å². The zero-order chi connectivity index (χ0) is 17.9. The second-order valence-electron chi connectivity index (χ2n) is 7.37. The topological polar surface area (TPSA) is 46.0 Å². The maximum absolute atomic E-state index is 4.81. The molecule has 5 nitrogen and oxygen atoms in total. The molecule has 1 aromatic carbocycles. The molecule has 4 rings (SSSR count). The average Bonchev–Trinajstić information content (AvgIpc) is 2.97. The van der Waals surface area contributed by atoms with Gasteiger partial charge in [0.05, 0.1) is 17.6 Å². The van der Waals surface area contributed by atoms with E-state index in [0.717, 1.165) is 37.5 Å². The maximum atomic E-state index is 4.81. The number of hydrogen-bond acceptors (Lipinski definition) is 4. The Morgan fingerprint density at radius 1 is 1.12 bits per heavy atom. The summed E-state index contributed by atoms with van der Waals surface area (Å²) < 4.78 is 2.21. The molecule has 2 aromatic heterocycles. The van der Waals surface area contributed by atoms with E-state index in [1.165, 1.54) is 29.5 Å². The van der Waals surface area contributed by atoms with E-state index in [4.69, 9.17) is 4.98 Å². The van der Waals surface area contributed by atoms with Crippen LogP contribution in [-0.2, 0) is 20.1 Å². The summed E-state index contributed by atoms with van der Waals surface area (Å²) in [5, 5.41) is 3.72. The van der Waals surface area contributed by atoms with Gasteiger partial charge in [0.1, 0.15) is 5.82 Å². The van der Waals surface area contributed by atoms with Crippen molar-refractivity contribution < 1.29 is 0 Å². The second kappa shape index (κ2) is 7.56. The maximum Gasteiger partial charge on any atom is 0.123 e. The molecule has 1 saturated heterocycles. The van der Waals surface area contributed by atoms with Crippen molar-refractivity contribution in [1.29, 1.82) is 0 Å². The molecule has 26 heavy (non-hydrogen) atoms. The third-order valence-corrected chi connectivity index (χ3v) is 5.42. The van der Waals surface area contributed by atoms with Crippen LogP contribution in [-0.4, -0.2) is 38.6 Å². The van der Waals surface area contributed by atoms with Crippen molar-refractivity contribution in [3.05, 3.63) is 59.7 Å². The highest BCUT2D eigenvalue weighted by Gasteiger charge is 2.19. The summed E-state index contributed by atoms with van der Waals surface area (Å²) >= 11 is 0. The summed E-state index contributed by atoms with van der Waals surface area (Å²) in [5.74, 6) is 1.12. The van der Waals surface area contributed by atoms with Crippen molar-refractivity contribution in [2.75, 3.05) is 13.1 Å². The quantitative estimate of drug-likeness (QED) is 0.769. The van der Waals surface area contributed by atoms with Gasteiger partial charge >= 0.3 is 0 Å². The predicted octanol–water partition coefficient (Wildman–Crippen LogP) is 3.03. The molecule has 0 saturated carbocycles. The molecule has 0 spiro atoms. The Labute approximate surface area is 155 Å². The molecule has 5 heteroatoms. The van der Waals surface area contributed by atoms with E-state index in [-0.39, 0.29) is 0 Å². The number of rotatable bonds is 5. The average molecular weight is 349 g/mol. The van der Waals surface area contributed by atoms with Gasteiger partial charge in [0.2, 0.25) is 0 Å². The first-order valence-corrected chi connectivity index (χ1v) is 9.45. The van der Waals surface area contributed by atoms with Gasteiger partial charge in [0, 0.05) is 32.0 Å². The SMILES string of the molecule is Cc1ccc2c(c1)nc(CNC1CCN(Cc3ccncc3)CC1)n2C. The summed E-state index contributed by atoms with van der Waals surface area (Å²) in [5.41, 5.74) is 4.91. The molecule has 1 fully saturated rings. The number of hydrogen-bond donors (Lipinski definition) is 1. The minimum atomic E-state index is 0.574. The number of aromatic nitrogens is 3. The fraction of sp³-hybridized carbons (Fsp3) is 0.429. The van der Waals surface area contributed by atoms with Crippen LogP contribution in [0.2, 0.25) is 0 Å². The van der Waals surface area contributed by atoms with Gasteiger partial charge in [-0.2, -0.15) is 0 Å². The highest BCUT2D eigenvalue weighted by atomic mass is 15.1. The minimum Gasteiger partial charge on any atom is -0.330 e. The number of nitrogens with zero attached hydrogens (tertiary/aromatic N) is 4. The summed E-state index contributed by atoms with van der Waals surface area (Å²) in [6.45, 7) is 6.26. The number of likely N-dealkylation sites (tertiary alicyclic amines) is 1. The van der Waals surface area contributed by atoms with Gasteiger partial charge in [-0.1, -0.05) is 6.07 Å². The molecule has 136 valence electrons. The van der Waals surface area contributed by atoms with Crippen LogP contribution in [0.15, 0.2) is 42.7 Å². The highest BCUT2D eigenvalue weighted by Crippen LogP contribution is 2.18. The van der Waals surface area contributed by atoms with Crippen LogP contribution in [0, 0.1) is 6.92 Å². The molecule has 0 radical (unpaired) electrons. The Balaban J connectivity index is 1.30. The summed E-state index contributed by atoms with van der Waals surface area (Å²) in [7, 11) is 2.11. The van der Waals surface area contributed by atoms with Crippen LogP contribution in [0.4, 0.5) is 0 Å². The molecule has 0 atom stereocenters. The van der Waals surface area contributed by atoms with Crippen LogP contribution >= 0.6 is 0 Å². The lowest BCUT2D eigenvalue weighted by molar-refractivity contribution is 0.189. The fourth-order valence-corrected chi connectivity index (χ4v) is 3.80. The first-order chi connectivity index (χ1) is 12.7. The summed E-state index contributed by atoms with van der Waals surface area (Å²) in [6.07, 6.45) is 6.13. The third-order valence-electron chi connectivity index (χ3n) is 5.42. The summed E-state index contributed by atoms with van der Waals surface area (Å²) in [4.78, 5) is 11.4. The van der Waals surface area contributed by atoms with Gasteiger partial charge in [-0.05, 0) is 68.2 Å². The third kappa shape index (κ3) is 3.79. The molecule has 1 aliphatic heterocycles. The molecule has 0 aliphatic carbocycles. The van der Waals surface area contributed by atoms with E-state index in [9.17, 15) is 0 Å². The Kier molecular flexibility index (Phi) is 5.00. The van der Waals surface area contributed by atoms with Gasteiger partial charge in [-0.3, -0.25) is 9.88 Å². The van der Waals surface area contributed by atoms with Crippen LogP contribution in [0.1, 0.15) is 29.8 Å². The van der Waals surface area contributed by atoms with E-state index < -0.39 is 0 Å². The monoisotopic (exact) mass is 349 g/mol. The van der Waals surface area contributed by atoms with E-state index >= 15 is 0 Å². The Morgan fingerprint density at radius 3 is 2.65 bits per heavy atom. The molecule has 0 unspecified atom stereocenters. The van der Waals surface area contributed by atoms with E-state index in [1.54, 1.807) is 0 Å². The molecule has 3 aromatic rings. The molecular weight excluding hydrogens is 322 g/mol. The molecular formula is C21H27N5. The van der Waals surface area contributed by atoms with Crippen LogP contribution < -0.4 is 5.32 Å². The minimum absolute atomic E-state index is 0.574. The summed E-state index contributed by atoms with van der Waals surface area (Å²) in [6, 6.07) is 11.3. The highest BCUT2D eigenvalue weighted by molar-refractivity contribution is 5.76. The van der Waals surface area contributed by atoms with E-state index in [0.29, 0.717) is 6.04 Å². The van der Waals surface area contributed by atoms with Crippen LogP contribution in [0.25, 0.3) is 11.0 Å². The first-order valence-electron chi connectivity index (χ1n) is 9.45. The van der Waals surface area contributed by atoms with Gasteiger partial charge in [-0.15, -0.1) is 0 Å². The zero-order valence-corrected chi connectivity index (χ0v) is 15.7. The Bertz CT molecular complexity index is 863. The molecule has 0 amide bonds. The predicted molar refractivity (Wildman–Crippen MR) is 105 cm³/mol. The number of nitrogens with one attached hydrogen (secondary N) is 1. The van der Waals surface area contributed by atoms with Gasteiger partial charge in [-0.25, -0.2) is 4.98 Å². The van der Waals surface area contributed by atoms with Crippen molar-refractivity contribution in [3.8, 4) is 0 Å². The van der Waals surface area contributed by atoms with Crippen molar-refractivity contribution in [2.24, 2.45) is 7.05 Å². The normalized spacial score (nSPS) is 16.4. The smallest absolute Gasteiger partial charge is 0.123 e. The van der Waals surface area contributed by atoms with Gasteiger partial charge in [0.15, 0.2) is 0 Å². The van der Waals surface area contributed by atoms with Crippen LogP contribution in [0.3, 0.4) is 0 Å². The van der Waals surface area contributed by atoms with E-state index in [1.807, 2.05) is 12.4 Å². The largest absolute Gasteiger partial charge is 0.330 e. The molecule has 1 N–H and O–H groups in total. The fourth-order valence-electron chi connectivity index (χ4n) is 3.80. The lowest BCUT2D eigenvalue weighted by Crippen LogP contribution is -2.42. The van der Waals surface area contributed by atoms with E-state index in [2.05, 4.69) is 64.1 Å². The number of piperidine rings is 1. The number of benzene rings is 1. The van der Waals surface area contributed by atoms with Crippen LogP contribution in [0.5, 0.6) is 0 Å².